The van der Waals surface area contributed by atoms with E-state index in [1.165, 1.54) is 36.4 Å². The summed E-state index contributed by atoms with van der Waals surface area (Å²) in [5.74, 6) is -0.764. The van der Waals surface area contributed by atoms with Gasteiger partial charge in [0.25, 0.3) is 5.91 Å². The summed E-state index contributed by atoms with van der Waals surface area (Å²) in [7, 11) is 0. The normalized spacial score (nSPS) is 9.90. The smallest absolute Gasteiger partial charge is 0.269 e. The van der Waals surface area contributed by atoms with Crippen LogP contribution in [0.25, 0.3) is 0 Å². The fraction of sp³-hybridized carbons (Fsp3) is 0.0667. The molecule has 0 aliphatic rings. The Labute approximate surface area is 121 Å². The van der Waals surface area contributed by atoms with Crippen LogP contribution < -0.4 is 10.9 Å². The van der Waals surface area contributed by atoms with Crippen molar-refractivity contribution in [2.75, 3.05) is 0 Å². The van der Waals surface area contributed by atoms with E-state index in [1.54, 1.807) is 12.1 Å². The number of nitrogens with one attached hydrogen (secondary N) is 2. The predicted molar refractivity (Wildman–Crippen MR) is 75.5 cm³/mol. The van der Waals surface area contributed by atoms with Crippen molar-refractivity contribution in [2.24, 2.45) is 0 Å². The Morgan fingerprint density at radius 1 is 0.905 bits per heavy atom. The average molecular weight is 286 g/mol. The molecule has 2 rings (SSSR count). The first-order valence-corrected chi connectivity index (χ1v) is 6.21. The molecule has 21 heavy (non-hydrogen) atoms. The summed E-state index contributed by atoms with van der Waals surface area (Å²) in [6.07, 6.45) is 0.0320. The van der Waals surface area contributed by atoms with Gasteiger partial charge in [0.05, 0.1) is 6.42 Å². The molecule has 2 aromatic carbocycles. The van der Waals surface area contributed by atoms with E-state index in [1.807, 2.05) is 0 Å². The van der Waals surface area contributed by atoms with Gasteiger partial charge in [-0.2, -0.15) is 0 Å². The molecule has 0 heterocycles. The first kappa shape index (κ1) is 14.4. The molecule has 108 valence electrons. The van der Waals surface area contributed by atoms with Gasteiger partial charge in [0.15, 0.2) is 0 Å². The van der Waals surface area contributed by atoms with Crippen LogP contribution in [-0.2, 0) is 11.2 Å². The quantitative estimate of drug-likeness (QED) is 0.635. The van der Waals surface area contributed by atoms with Crippen molar-refractivity contribution >= 4 is 11.8 Å². The van der Waals surface area contributed by atoms with Crippen molar-refractivity contribution in [3.63, 3.8) is 0 Å². The summed E-state index contributed by atoms with van der Waals surface area (Å²) in [6.45, 7) is 0. The number of hydrazine groups is 1. The second-order valence-electron chi connectivity index (χ2n) is 4.40. The third kappa shape index (κ3) is 4.24. The monoisotopic (exact) mass is 286 g/mol. The topological polar surface area (TPSA) is 98.7 Å². The van der Waals surface area contributed by atoms with Gasteiger partial charge in [0.2, 0.25) is 5.91 Å². The molecule has 0 unspecified atom stereocenters. The van der Waals surface area contributed by atoms with Crippen molar-refractivity contribution < 1.29 is 19.8 Å². The van der Waals surface area contributed by atoms with Crippen LogP contribution in [0.15, 0.2) is 48.5 Å². The second-order valence-corrected chi connectivity index (χ2v) is 4.40. The van der Waals surface area contributed by atoms with Gasteiger partial charge >= 0.3 is 0 Å². The van der Waals surface area contributed by atoms with Gasteiger partial charge in [-0.25, -0.2) is 0 Å². The molecule has 0 aliphatic carbocycles. The molecule has 6 heteroatoms. The highest BCUT2D eigenvalue weighted by atomic mass is 16.3. The van der Waals surface area contributed by atoms with Crippen LogP contribution >= 0.6 is 0 Å². The lowest BCUT2D eigenvalue weighted by molar-refractivity contribution is -0.121. The van der Waals surface area contributed by atoms with Crippen LogP contribution in [0.3, 0.4) is 0 Å². The lowest BCUT2D eigenvalue weighted by Crippen LogP contribution is -2.42. The second kappa shape index (κ2) is 6.42. The maximum atomic E-state index is 11.7. The highest BCUT2D eigenvalue weighted by molar-refractivity contribution is 5.95. The lowest BCUT2D eigenvalue weighted by Gasteiger charge is -2.07. The molecule has 4 N–H and O–H groups in total. The SMILES string of the molecule is O=C(Cc1cccc(O)c1)NNC(=O)c1ccc(O)cc1. The van der Waals surface area contributed by atoms with Crippen molar-refractivity contribution in [3.8, 4) is 11.5 Å². The molecule has 6 nitrogen and oxygen atoms in total. The van der Waals surface area contributed by atoms with Crippen molar-refractivity contribution in [1.29, 1.82) is 0 Å². The molecule has 0 fully saturated rings. The predicted octanol–water partition coefficient (Wildman–Crippen LogP) is 1.10. The maximum absolute atomic E-state index is 11.7. The average Bonchev–Trinajstić information content (AvgIpc) is 2.45. The van der Waals surface area contributed by atoms with E-state index in [2.05, 4.69) is 10.9 Å². The third-order valence-electron chi connectivity index (χ3n) is 2.72. The van der Waals surface area contributed by atoms with E-state index < -0.39 is 11.8 Å². The maximum Gasteiger partial charge on any atom is 0.269 e. The van der Waals surface area contributed by atoms with Crippen LogP contribution in [0.5, 0.6) is 11.5 Å². The number of hydrogen-bond donors (Lipinski definition) is 4. The van der Waals surface area contributed by atoms with Crippen molar-refractivity contribution in [1.82, 2.24) is 10.9 Å². The summed E-state index contributed by atoms with van der Waals surface area (Å²) < 4.78 is 0. The van der Waals surface area contributed by atoms with Crippen molar-refractivity contribution in [2.45, 2.75) is 6.42 Å². The highest BCUT2D eigenvalue weighted by Gasteiger charge is 2.08. The number of hydrogen-bond acceptors (Lipinski definition) is 4. The molecule has 0 aliphatic heterocycles. The van der Waals surface area contributed by atoms with E-state index in [0.29, 0.717) is 11.1 Å². The Morgan fingerprint density at radius 3 is 2.29 bits per heavy atom. The summed E-state index contributed by atoms with van der Waals surface area (Å²) in [6, 6.07) is 11.9. The molecule has 0 spiro atoms. The van der Waals surface area contributed by atoms with E-state index >= 15 is 0 Å². The summed E-state index contributed by atoms with van der Waals surface area (Å²) in [5, 5.41) is 18.4. The minimum atomic E-state index is -0.487. The number of carbonyl (C=O) groups excluding carboxylic acids is 2. The van der Waals surface area contributed by atoms with Gasteiger partial charge in [0, 0.05) is 5.56 Å². The third-order valence-corrected chi connectivity index (χ3v) is 2.72. The number of phenols is 2. The van der Waals surface area contributed by atoms with E-state index in [-0.39, 0.29) is 17.9 Å². The first-order valence-electron chi connectivity index (χ1n) is 6.21. The highest BCUT2D eigenvalue weighted by Crippen LogP contribution is 2.11. The minimum Gasteiger partial charge on any atom is -0.508 e. The van der Waals surface area contributed by atoms with Crippen LogP contribution in [0.2, 0.25) is 0 Å². The van der Waals surface area contributed by atoms with Crippen LogP contribution in [0.1, 0.15) is 15.9 Å². The fourth-order valence-electron chi connectivity index (χ4n) is 1.71. The molecule has 0 aromatic heterocycles. The van der Waals surface area contributed by atoms with Gasteiger partial charge in [-0.3, -0.25) is 20.4 Å². The van der Waals surface area contributed by atoms with Crippen molar-refractivity contribution in [3.05, 3.63) is 59.7 Å². The zero-order chi connectivity index (χ0) is 15.2. The number of aromatic hydroxyl groups is 2. The summed E-state index contributed by atoms with van der Waals surface area (Å²) in [5.41, 5.74) is 5.49. The minimum absolute atomic E-state index is 0.0320. The van der Waals surface area contributed by atoms with Crippen LogP contribution in [0.4, 0.5) is 0 Å². The fourth-order valence-corrected chi connectivity index (χ4v) is 1.71. The Morgan fingerprint density at radius 2 is 1.62 bits per heavy atom. The molecular formula is C15H14N2O4. The van der Waals surface area contributed by atoms with Crippen LogP contribution in [-0.4, -0.2) is 22.0 Å². The molecule has 0 bridgehead atoms. The number of benzene rings is 2. The Bertz CT molecular complexity index is 653. The molecule has 0 radical (unpaired) electrons. The van der Waals surface area contributed by atoms with E-state index in [9.17, 15) is 14.7 Å². The Kier molecular flexibility index (Phi) is 4.40. The number of amides is 2. The zero-order valence-electron chi connectivity index (χ0n) is 11.0. The van der Waals surface area contributed by atoms with Gasteiger partial charge in [-0.05, 0) is 42.0 Å². The molecule has 0 saturated heterocycles. The molecule has 0 atom stereocenters. The van der Waals surface area contributed by atoms with Gasteiger partial charge in [-0.1, -0.05) is 12.1 Å². The Hall–Kier alpha value is -3.02. The molecule has 2 amide bonds. The number of carbonyl (C=O) groups is 2. The van der Waals surface area contributed by atoms with Gasteiger partial charge < -0.3 is 10.2 Å². The standard InChI is InChI=1S/C15H14N2O4/c18-12-6-4-11(5-7-12)15(21)17-16-14(20)9-10-2-1-3-13(19)8-10/h1-8,18-19H,9H2,(H,16,20)(H,17,21). The molecule has 2 aromatic rings. The van der Waals surface area contributed by atoms with Gasteiger partial charge in [0.1, 0.15) is 11.5 Å². The zero-order valence-corrected chi connectivity index (χ0v) is 11.0. The summed E-state index contributed by atoms with van der Waals surface area (Å²) >= 11 is 0. The number of rotatable bonds is 3. The molecular weight excluding hydrogens is 272 g/mol. The lowest BCUT2D eigenvalue weighted by atomic mass is 10.1. The largest absolute Gasteiger partial charge is 0.508 e. The first-order chi connectivity index (χ1) is 10.0. The van der Waals surface area contributed by atoms with Crippen LogP contribution in [0, 0.1) is 0 Å². The van der Waals surface area contributed by atoms with E-state index in [0.717, 1.165) is 0 Å². The molecule has 0 saturated carbocycles. The Balaban J connectivity index is 1.86. The number of phenolic OH excluding ortho intramolecular Hbond substituents is 2. The van der Waals surface area contributed by atoms with E-state index in [4.69, 9.17) is 5.11 Å². The van der Waals surface area contributed by atoms with Gasteiger partial charge in [-0.15, -0.1) is 0 Å². The summed E-state index contributed by atoms with van der Waals surface area (Å²) in [4.78, 5) is 23.4.